The molecular weight excluding hydrogens is 188 g/mol. The van der Waals surface area contributed by atoms with Crippen molar-refractivity contribution in [3.63, 3.8) is 0 Å². The van der Waals surface area contributed by atoms with E-state index in [0.717, 1.165) is 5.92 Å². The maximum Gasteiger partial charge on any atom is 0.313 e. The summed E-state index contributed by atoms with van der Waals surface area (Å²) in [5, 5.41) is 0. The van der Waals surface area contributed by atoms with Gasteiger partial charge in [-0.05, 0) is 38.5 Å². The van der Waals surface area contributed by atoms with Gasteiger partial charge in [0.05, 0.1) is 5.92 Å². The molecule has 0 unspecified atom stereocenters. The summed E-state index contributed by atoms with van der Waals surface area (Å²) in [6, 6.07) is 0. The van der Waals surface area contributed by atoms with Gasteiger partial charge in [0.2, 0.25) is 0 Å². The van der Waals surface area contributed by atoms with Crippen LogP contribution in [0.3, 0.4) is 0 Å². The Morgan fingerprint density at radius 2 is 2.27 bits per heavy atom. The second kappa shape index (κ2) is 3.36. The minimum atomic E-state index is 0.0176. The Kier molecular flexibility index (Phi) is 2.11. The van der Waals surface area contributed by atoms with Gasteiger partial charge in [0, 0.05) is 5.92 Å². The molecule has 1 saturated carbocycles. The molecule has 1 aliphatic heterocycles. The summed E-state index contributed by atoms with van der Waals surface area (Å²) >= 11 is 0. The molecule has 1 heterocycles. The molecule has 2 fully saturated rings. The molecule has 4 atom stereocenters. The lowest BCUT2D eigenvalue weighted by atomic mass is 9.69. The van der Waals surface area contributed by atoms with Crippen molar-refractivity contribution in [3.05, 3.63) is 11.6 Å². The molecule has 0 spiro atoms. The van der Waals surface area contributed by atoms with Crippen LogP contribution < -0.4 is 0 Å². The van der Waals surface area contributed by atoms with E-state index in [1.807, 2.05) is 6.92 Å². The third-order valence-electron chi connectivity index (χ3n) is 4.38. The number of hydrogen-bond acceptors (Lipinski definition) is 2. The fourth-order valence-corrected chi connectivity index (χ4v) is 3.50. The van der Waals surface area contributed by atoms with Gasteiger partial charge in [-0.1, -0.05) is 18.1 Å². The summed E-state index contributed by atoms with van der Waals surface area (Å²) in [5.41, 5.74) is 1.55. The number of allylic oxidation sites excluding steroid dienone is 1. The molecule has 0 radical (unpaired) electrons. The lowest BCUT2D eigenvalue weighted by Crippen LogP contribution is -2.28. The van der Waals surface area contributed by atoms with Crippen molar-refractivity contribution in [2.45, 2.75) is 45.1 Å². The summed E-state index contributed by atoms with van der Waals surface area (Å²) in [4.78, 5) is 11.6. The molecule has 1 saturated heterocycles. The quantitative estimate of drug-likeness (QED) is 0.450. The predicted octanol–water partition coefficient (Wildman–Crippen LogP) is 2.68. The Morgan fingerprint density at radius 1 is 1.40 bits per heavy atom. The third-order valence-corrected chi connectivity index (χ3v) is 4.38. The lowest BCUT2D eigenvalue weighted by Gasteiger charge is -2.34. The van der Waals surface area contributed by atoms with Gasteiger partial charge in [-0.2, -0.15) is 0 Å². The van der Waals surface area contributed by atoms with Gasteiger partial charge in [0.15, 0.2) is 0 Å². The zero-order valence-corrected chi connectivity index (χ0v) is 9.24. The average molecular weight is 206 g/mol. The Bertz CT molecular complexity index is 318. The molecule has 82 valence electrons. The molecule has 0 aromatic carbocycles. The van der Waals surface area contributed by atoms with Crippen LogP contribution in [0.5, 0.6) is 0 Å². The number of esters is 1. The second-order valence-corrected chi connectivity index (χ2v) is 5.25. The Hall–Kier alpha value is -0.790. The van der Waals surface area contributed by atoms with E-state index in [0.29, 0.717) is 5.92 Å². The van der Waals surface area contributed by atoms with E-state index in [1.165, 1.54) is 32.1 Å². The normalized spacial score (nSPS) is 44.1. The highest BCUT2D eigenvalue weighted by atomic mass is 16.6. The largest absolute Gasteiger partial charge is 0.462 e. The minimum Gasteiger partial charge on any atom is -0.462 e. The number of rotatable bonds is 0. The van der Waals surface area contributed by atoms with Crippen LogP contribution in [0, 0.1) is 17.8 Å². The third kappa shape index (κ3) is 1.42. The molecule has 0 aromatic rings. The zero-order chi connectivity index (χ0) is 10.4. The van der Waals surface area contributed by atoms with E-state index in [2.05, 4.69) is 6.08 Å². The molecule has 0 N–H and O–H groups in total. The Morgan fingerprint density at radius 3 is 3.13 bits per heavy atom. The molecule has 0 bridgehead atoms. The molecule has 3 rings (SSSR count). The van der Waals surface area contributed by atoms with Crippen molar-refractivity contribution >= 4 is 5.97 Å². The minimum absolute atomic E-state index is 0.0176. The van der Waals surface area contributed by atoms with Crippen molar-refractivity contribution in [2.75, 3.05) is 0 Å². The van der Waals surface area contributed by atoms with E-state index < -0.39 is 0 Å². The van der Waals surface area contributed by atoms with Crippen LogP contribution >= 0.6 is 0 Å². The van der Waals surface area contributed by atoms with Crippen molar-refractivity contribution in [2.24, 2.45) is 17.8 Å². The summed E-state index contributed by atoms with van der Waals surface area (Å²) in [6.45, 7) is 2.05. The van der Waals surface area contributed by atoms with Crippen LogP contribution in [0.4, 0.5) is 0 Å². The number of ether oxygens (including phenoxy) is 1. The molecule has 15 heavy (non-hydrogen) atoms. The van der Waals surface area contributed by atoms with Crippen molar-refractivity contribution in [1.29, 1.82) is 0 Å². The van der Waals surface area contributed by atoms with E-state index in [4.69, 9.17) is 4.74 Å². The van der Waals surface area contributed by atoms with Gasteiger partial charge >= 0.3 is 5.97 Å². The fourth-order valence-electron chi connectivity index (χ4n) is 3.50. The maximum atomic E-state index is 11.6. The van der Waals surface area contributed by atoms with Gasteiger partial charge in [0.25, 0.3) is 0 Å². The molecule has 0 aromatic heterocycles. The van der Waals surface area contributed by atoms with Crippen LogP contribution in [0.2, 0.25) is 0 Å². The molecule has 3 aliphatic rings. The van der Waals surface area contributed by atoms with Crippen LogP contribution in [-0.4, -0.2) is 12.1 Å². The lowest BCUT2D eigenvalue weighted by molar-refractivity contribution is -0.142. The highest BCUT2D eigenvalue weighted by Crippen LogP contribution is 2.45. The summed E-state index contributed by atoms with van der Waals surface area (Å²) in [5.74, 6) is 1.33. The first-order valence-corrected chi connectivity index (χ1v) is 6.17. The van der Waals surface area contributed by atoms with Gasteiger partial charge in [-0.25, -0.2) is 0 Å². The average Bonchev–Trinajstić information content (AvgIpc) is 2.52. The predicted molar refractivity (Wildman–Crippen MR) is 57.2 cm³/mol. The fraction of sp³-hybridized carbons (Fsp3) is 0.769. The van der Waals surface area contributed by atoms with Crippen LogP contribution in [0.15, 0.2) is 11.6 Å². The molecule has 2 heteroatoms. The monoisotopic (exact) mass is 206 g/mol. The van der Waals surface area contributed by atoms with E-state index in [-0.39, 0.29) is 18.0 Å². The highest BCUT2D eigenvalue weighted by molar-refractivity contribution is 5.77. The van der Waals surface area contributed by atoms with Crippen LogP contribution in [0.25, 0.3) is 0 Å². The number of carbonyl (C=O) groups excluding carboxylic acids is 1. The van der Waals surface area contributed by atoms with Crippen LogP contribution in [-0.2, 0) is 9.53 Å². The van der Waals surface area contributed by atoms with E-state index in [9.17, 15) is 4.79 Å². The van der Waals surface area contributed by atoms with Gasteiger partial charge in [-0.3, -0.25) is 4.79 Å². The smallest absolute Gasteiger partial charge is 0.313 e. The number of cyclic esters (lactones) is 1. The number of fused-ring (bicyclic) bond motifs is 2. The first-order chi connectivity index (χ1) is 7.25. The Balaban J connectivity index is 1.90. The SMILES string of the molecule is C[C@H]1OC(=O)[C@@H]2C=C3CCCC[C@H]3C[C@H]12. The second-order valence-electron chi connectivity index (χ2n) is 5.25. The summed E-state index contributed by atoms with van der Waals surface area (Å²) < 4.78 is 5.33. The first-order valence-electron chi connectivity index (χ1n) is 6.17. The van der Waals surface area contributed by atoms with Gasteiger partial charge in [0.1, 0.15) is 6.10 Å². The molecular formula is C13H18O2. The maximum absolute atomic E-state index is 11.6. The zero-order valence-electron chi connectivity index (χ0n) is 9.24. The number of carbonyl (C=O) groups is 1. The standard InChI is InChI=1S/C13H18O2/c1-8-11-6-9-4-2-3-5-10(9)7-12(11)13(14)15-8/h7-9,11-12H,2-6H2,1H3/t8-,9+,11-,12-/m1/s1. The van der Waals surface area contributed by atoms with Crippen molar-refractivity contribution in [3.8, 4) is 0 Å². The summed E-state index contributed by atoms with van der Waals surface area (Å²) in [7, 11) is 0. The van der Waals surface area contributed by atoms with E-state index in [1.54, 1.807) is 5.57 Å². The van der Waals surface area contributed by atoms with Crippen LogP contribution in [0.1, 0.15) is 39.0 Å². The van der Waals surface area contributed by atoms with Crippen molar-refractivity contribution < 1.29 is 9.53 Å². The topological polar surface area (TPSA) is 26.3 Å². The molecule has 2 aliphatic carbocycles. The molecule has 2 nitrogen and oxygen atoms in total. The first kappa shape index (κ1) is 9.44. The highest BCUT2D eigenvalue weighted by Gasteiger charge is 2.45. The van der Waals surface area contributed by atoms with Gasteiger partial charge in [-0.15, -0.1) is 0 Å². The number of hydrogen-bond donors (Lipinski definition) is 0. The Labute approximate surface area is 90.7 Å². The van der Waals surface area contributed by atoms with E-state index >= 15 is 0 Å². The van der Waals surface area contributed by atoms with Gasteiger partial charge < -0.3 is 4.74 Å². The molecule has 0 amide bonds. The van der Waals surface area contributed by atoms with Crippen molar-refractivity contribution in [1.82, 2.24) is 0 Å². The summed E-state index contributed by atoms with van der Waals surface area (Å²) in [6.07, 6.45) is 8.79.